The lowest BCUT2D eigenvalue weighted by Crippen LogP contribution is -2.35. The van der Waals surface area contributed by atoms with Crippen molar-refractivity contribution in [1.29, 1.82) is 5.26 Å². The van der Waals surface area contributed by atoms with Gasteiger partial charge in [0.25, 0.3) is 5.91 Å². The van der Waals surface area contributed by atoms with Gasteiger partial charge < -0.3 is 14.5 Å². The van der Waals surface area contributed by atoms with Crippen molar-refractivity contribution in [3.05, 3.63) is 59.7 Å². The summed E-state index contributed by atoms with van der Waals surface area (Å²) in [6.45, 7) is 3.01. The Morgan fingerprint density at radius 1 is 1.13 bits per heavy atom. The molecule has 2 aromatic rings. The predicted molar refractivity (Wildman–Crippen MR) is 117 cm³/mol. The summed E-state index contributed by atoms with van der Waals surface area (Å²) in [7, 11) is -2.21. The van der Waals surface area contributed by atoms with Gasteiger partial charge in [0.2, 0.25) is 10.0 Å². The molecular formula is C22H26N4O4S. The topological polar surface area (TPSA) is 103 Å². The number of hydrogen-bond donors (Lipinski definition) is 1. The van der Waals surface area contributed by atoms with Gasteiger partial charge in [-0.3, -0.25) is 4.79 Å². The van der Waals surface area contributed by atoms with Crippen LogP contribution in [0.1, 0.15) is 22.3 Å². The molecule has 31 heavy (non-hydrogen) atoms. The Morgan fingerprint density at radius 3 is 2.61 bits per heavy atom. The van der Waals surface area contributed by atoms with Crippen molar-refractivity contribution < 1.29 is 17.9 Å². The average Bonchev–Trinajstić information content (AvgIpc) is 3.05. The van der Waals surface area contributed by atoms with Gasteiger partial charge in [-0.05, 0) is 48.9 Å². The number of methoxy groups -OCH3 is 1. The zero-order chi connectivity index (χ0) is 22.3. The van der Waals surface area contributed by atoms with Crippen LogP contribution in [0.4, 0.5) is 5.69 Å². The molecule has 1 aliphatic rings. The molecule has 1 aliphatic heterocycles. The summed E-state index contributed by atoms with van der Waals surface area (Å²) >= 11 is 0. The third-order valence-electron chi connectivity index (χ3n) is 5.13. The Hall–Kier alpha value is -2.93. The quantitative estimate of drug-likeness (QED) is 0.657. The Kier molecular flexibility index (Phi) is 7.63. The predicted octanol–water partition coefficient (Wildman–Crippen LogP) is 1.84. The highest BCUT2D eigenvalue weighted by atomic mass is 32.2. The normalized spacial score (nSPS) is 14.7. The Labute approximate surface area is 183 Å². The fourth-order valence-electron chi connectivity index (χ4n) is 3.47. The Morgan fingerprint density at radius 2 is 1.90 bits per heavy atom. The fourth-order valence-corrected chi connectivity index (χ4v) is 4.52. The number of nitriles is 1. The lowest BCUT2D eigenvalue weighted by molar-refractivity contribution is 0.0766. The second kappa shape index (κ2) is 10.4. The molecule has 9 heteroatoms. The maximum absolute atomic E-state index is 13.1. The largest absolute Gasteiger partial charge is 0.383 e. The maximum atomic E-state index is 13.1. The van der Waals surface area contributed by atoms with E-state index in [1.54, 1.807) is 29.2 Å². The summed E-state index contributed by atoms with van der Waals surface area (Å²) in [5.41, 5.74) is 1.98. The lowest BCUT2D eigenvalue weighted by atomic mass is 10.2. The zero-order valence-electron chi connectivity index (χ0n) is 17.5. The molecule has 0 aromatic heterocycles. The molecule has 0 spiro atoms. The minimum Gasteiger partial charge on any atom is -0.383 e. The van der Waals surface area contributed by atoms with E-state index in [1.807, 2.05) is 12.1 Å². The number of amides is 1. The van der Waals surface area contributed by atoms with Crippen LogP contribution in [0.2, 0.25) is 0 Å². The van der Waals surface area contributed by atoms with E-state index < -0.39 is 10.0 Å². The van der Waals surface area contributed by atoms with E-state index in [0.29, 0.717) is 30.8 Å². The summed E-state index contributed by atoms with van der Waals surface area (Å²) in [6, 6.07) is 15.6. The van der Waals surface area contributed by atoms with E-state index in [4.69, 9.17) is 10.00 Å². The monoisotopic (exact) mass is 442 g/mol. The van der Waals surface area contributed by atoms with Gasteiger partial charge in [0, 0.05) is 51.1 Å². The van der Waals surface area contributed by atoms with E-state index in [2.05, 4.69) is 15.7 Å². The third-order valence-corrected chi connectivity index (χ3v) is 6.59. The number of nitrogens with zero attached hydrogens (tertiary/aromatic N) is 3. The average molecular weight is 443 g/mol. The second-order valence-electron chi connectivity index (χ2n) is 7.21. The second-order valence-corrected chi connectivity index (χ2v) is 8.98. The van der Waals surface area contributed by atoms with Crippen LogP contribution in [0, 0.1) is 11.3 Å². The molecule has 8 nitrogen and oxygen atoms in total. The maximum Gasteiger partial charge on any atom is 0.253 e. The molecule has 3 rings (SSSR count). The molecule has 0 aliphatic carbocycles. The van der Waals surface area contributed by atoms with Gasteiger partial charge >= 0.3 is 0 Å². The third kappa shape index (κ3) is 5.82. The minimum absolute atomic E-state index is 0.0588. The van der Waals surface area contributed by atoms with Crippen molar-refractivity contribution >= 4 is 21.6 Å². The summed E-state index contributed by atoms with van der Waals surface area (Å²) in [5.74, 6) is -0.185. The van der Waals surface area contributed by atoms with Crippen molar-refractivity contribution in [2.24, 2.45) is 0 Å². The first-order valence-electron chi connectivity index (χ1n) is 10.1. The van der Waals surface area contributed by atoms with Crippen LogP contribution < -0.4 is 9.62 Å². The number of benzene rings is 2. The number of carbonyl (C=O) groups excluding carboxylic acids is 1. The molecule has 0 bridgehead atoms. The van der Waals surface area contributed by atoms with Crippen LogP contribution in [0.15, 0.2) is 53.4 Å². The van der Waals surface area contributed by atoms with Gasteiger partial charge in [-0.1, -0.05) is 6.07 Å². The van der Waals surface area contributed by atoms with E-state index in [0.717, 1.165) is 18.7 Å². The van der Waals surface area contributed by atoms with Gasteiger partial charge in [-0.25, -0.2) is 13.1 Å². The van der Waals surface area contributed by atoms with Gasteiger partial charge in [-0.15, -0.1) is 0 Å². The number of sulfonamides is 1. The van der Waals surface area contributed by atoms with Crippen LogP contribution in [0.25, 0.3) is 0 Å². The molecule has 0 atom stereocenters. The van der Waals surface area contributed by atoms with Crippen molar-refractivity contribution in [2.75, 3.05) is 51.3 Å². The van der Waals surface area contributed by atoms with Crippen LogP contribution in [-0.4, -0.2) is 65.7 Å². The highest BCUT2D eigenvalue weighted by molar-refractivity contribution is 7.89. The number of rotatable bonds is 7. The molecule has 0 saturated carbocycles. The van der Waals surface area contributed by atoms with Crippen molar-refractivity contribution in [1.82, 2.24) is 9.62 Å². The van der Waals surface area contributed by atoms with Crippen LogP contribution in [-0.2, 0) is 14.8 Å². The van der Waals surface area contributed by atoms with Crippen LogP contribution in [0.3, 0.4) is 0 Å². The number of hydrogen-bond acceptors (Lipinski definition) is 6. The van der Waals surface area contributed by atoms with E-state index in [-0.39, 0.29) is 24.0 Å². The van der Waals surface area contributed by atoms with Crippen LogP contribution in [0.5, 0.6) is 0 Å². The Balaban J connectivity index is 1.68. The van der Waals surface area contributed by atoms with Gasteiger partial charge in [0.05, 0.1) is 23.1 Å². The highest BCUT2D eigenvalue weighted by Gasteiger charge is 2.22. The van der Waals surface area contributed by atoms with Crippen molar-refractivity contribution in [3.63, 3.8) is 0 Å². The molecule has 164 valence electrons. The highest BCUT2D eigenvalue weighted by Crippen LogP contribution is 2.19. The summed E-state index contributed by atoms with van der Waals surface area (Å²) in [4.78, 5) is 17.1. The van der Waals surface area contributed by atoms with E-state index in [1.165, 1.54) is 19.2 Å². The first-order valence-corrected chi connectivity index (χ1v) is 11.6. The lowest BCUT2D eigenvalue weighted by Gasteiger charge is -2.24. The number of nitrogens with one attached hydrogen (secondary N) is 1. The SMILES string of the molecule is COCCNS(=O)(=O)c1cccc(C(=O)N2CCCN(c3ccc(C#N)cc3)CC2)c1. The number of ether oxygens (including phenoxy) is 1. The molecule has 1 saturated heterocycles. The summed E-state index contributed by atoms with van der Waals surface area (Å²) < 4.78 is 32.2. The van der Waals surface area contributed by atoms with Gasteiger partial charge in [-0.2, -0.15) is 5.26 Å². The summed E-state index contributed by atoms with van der Waals surface area (Å²) in [5, 5.41) is 8.96. The number of anilines is 1. The molecule has 0 radical (unpaired) electrons. The Bertz CT molecular complexity index is 1050. The van der Waals surface area contributed by atoms with Crippen LogP contribution >= 0.6 is 0 Å². The molecule has 1 amide bonds. The molecule has 1 heterocycles. The molecule has 0 unspecified atom stereocenters. The number of carbonyl (C=O) groups is 1. The molecular weight excluding hydrogens is 416 g/mol. The smallest absolute Gasteiger partial charge is 0.253 e. The first-order chi connectivity index (χ1) is 14.9. The van der Waals surface area contributed by atoms with Gasteiger partial charge in [0.1, 0.15) is 0 Å². The van der Waals surface area contributed by atoms with E-state index in [9.17, 15) is 13.2 Å². The molecule has 1 fully saturated rings. The zero-order valence-corrected chi connectivity index (χ0v) is 18.3. The summed E-state index contributed by atoms with van der Waals surface area (Å²) in [6.07, 6.45) is 0.794. The van der Waals surface area contributed by atoms with Crippen molar-refractivity contribution in [3.8, 4) is 6.07 Å². The van der Waals surface area contributed by atoms with E-state index >= 15 is 0 Å². The molecule has 1 N–H and O–H groups in total. The minimum atomic E-state index is -3.71. The van der Waals surface area contributed by atoms with Gasteiger partial charge in [0.15, 0.2) is 0 Å². The molecule has 2 aromatic carbocycles. The fraction of sp³-hybridized carbons (Fsp3) is 0.364. The first kappa shape index (κ1) is 22.7. The standard InChI is InChI=1S/C22H26N4O4S/c1-30-15-10-24-31(28,29)21-5-2-4-19(16-21)22(27)26-12-3-11-25(13-14-26)20-8-6-18(17-23)7-9-20/h2,4-9,16,24H,3,10-15H2,1H3. The van der Waals surface area contributed by atoms with Crippen molar-refractivity contribution in [2.45, 2.75) is 11.3 Å².